The van der Waals surface area contributed by atoms with Gasteiger partial charge in [0, 0.05) is 12.6 Å². The first-order valence-corrected chi connectivity index (χ1v) is 4.95. The van der Waals surface area contributed by atoms with E-state index in [-0.39, 0.29) is 0 Å². The van der Waals surface area contributed by atoms with E-state index in [2.05, 4.69) is 12.2 Å². The maximum atomic E-state index is 9.50. The topological polar surface area (TPSA) is 32.3 Å². The quantitative estimate of drug-likeness (QED) is 0.675. The van der Waals surface area contributed by atoms with Crippen molar-refractivity contribution in [3.05, 3.63) is 0 Å². The first-order chi connectivity index (χ1) is 5.49. The molecule has 72 valence electrons. The summed E-state index contributed by atoms with van der Waals surface area (Å²) in [5, 5.41) is 12.9. The molecule has 2 heteroatoms. The fraction of sp³-hybridized carbons (Fsp3) is 1.00. The lowest BCUT2D eigenvalue weighted by atomic mass is 10.0. The summed E-state index contributed by atoms with van der Waals surface area (Å²) in [6, 6.07) is 0.636. The Balaban J connectivity index is 2.23. The van der Waals surface area contributed by atoms with Crippen molar-refractivity contribution in [1.29, 1.82) is 0 Å². The smallest absolute Gasteiger partial charge is 0.0715 e. The fourth-order valence-electron chi connectivity index (χ4n) is 1.83. The molecule has 2 nitrogen and oxygen atoms in total. The summed E-state index contributed by atoms with van der Waals surface area (Å²) in [6.07, 6.45) is 3.95. The van der Waals surface area contributed by atoms with Crippen molar-refractivity contribution in [3.8, 4) is 0 Å². The van der Waals surface area contributed by atoms with E-state index in [0.29, 0.717) is 12.6 Å². The molecule has 1 saturated carbocycles. The first-order valence-electron chi connectivity index (χ1n) is 4.95. The molecule has 1 fully saturated rings. The predicted octanol–water partition coefficient (Wildman–Crippen LogP) is 1.54. The van der Waals surface area contributed by atoms with Gasteiger partial charge in [0.15, 0.2) is 0 Å². The molecule has 0 spiro atoms. The van der Waals surface area contributed by atoms with Crippen LogP contribution in [0.3, 0.4) is 0 Å². The van der Waals surface area contributed by atoms with E-state index < -0.39 is 5.60 Å². The number of rotatable bonds is 3. The van der Waals surface area contributed by atoms with Crippen LogP contribution in [0.15, 0.2) is 0 Å². The lowest BCUT2D eigenvalue weighted by Crippen LogP contribution is -2.41. The molecular formula is C10H21NO. The van der Waals surface area contributed by atoms with Gasteiger partial charge in [-0.05, 0) is 32.6 Å². The normalized spacial score (nSPS) is 31.0. The molecule has 0 aliphatic heterocycles. The molecule has 2 N–H and O–H groups in total. The van der Waals surface area contributed by atoms with Gasteiger partial charge in [-0.1, -0.05) is 13.3 Å². The average Bonchev–Trinajstić information content (AvgIpc) is 2.29. The minimum atomic E-state index is -0.567. The molecule has 0 amide bonds. The van der Waals surface area contributed by atoms with Crippen LogP contribution in [0.1, 0.15) is 40.0 Å². The van der Waals surface area contributed by atoms with Crippen molar-refractivity contribution in [2.24, 2.45) is 5.92 Å². The van der Waals surface area contributed by atoms with E-state index in [1.165, 1.54) is 19.3 Å². The van der Waals surface area contributed by atoms with E-state index in [9.17, 15) is 5.11 Å². The zero-order valence-electron chi connectivity index (χ0n) is 8.43. The van der Waals surface area contributed by atoms with Gasteiger partial charge < -0.3 is 10.4 Å². The van der Waals surface area contributed by atoms with Crippen LogP contribution in [-0.4, -0.2) is 23.3 Å². The molecule has 2 atom stereocenters. The molecule has 0 aromatic heterocycles. The second-order valence-corrected chi connectivity index (χ2v) is 4.71. The second-order valence-electron chi connectivity index (χ2n) is 4.71. The molecule has 1 aliphatic carbocycles. The summed E-state index contributed by atoms with van der Waals surface area (Å²) in [5.41, 5.74) is -0.567. The van der Waals surface area contributed by atoms with Crippen LogP contribution in [-0.2, 0) is 0 Å². The molecule has 1 rings (SSSR count). The Morgan fingerprint density at radius 1 is 1.42 bits per heavy atom. The van der Waals surface area contributed by atoms with Gasteiger partial charge in [0.25, 0.3) is 0 Å². The summed E-state index contributed by atoms with van der Waals surface area (Å²) < 4.78 is 0. The lowest BCUT2D eigenvalue weighted by molar-refractivity contribution is 0.0750. The Morgan fingerprint density at radius 3 is 2.50 bits per heavy atom. The van der Waals surface area contributed by atoms with Crippen molar-refractivity contribution in [2.45, 2.75) is 51.7 Å². The number of nitrogens with one attached hydrogen (secondary N) is 1. The molecule has 0 bridgehead atoms. The van der Waals surface area contributed by atoms with Crippen LogP contribution in [0.5, 0.6) is 0 Å². The average molecular weight is 171 g/mol. The van der Waals surface area contributed by atoms with Crippen LogP contribution in [0.4, 0.5) is 0 Å². The summed E-state index contributed by atoms with van der Waals surface area (Å²) in [4.78, 5) is 0. The number of aliphatic hydroxyl groups is 1. The van der Waals surface area contributed by atoms with Gasteiger partial charge in [0.2, 0.25) is 0 Å². The highest BCUT2D eigenvalue weighted by molar-refractivity contribution is 4.82. The van der Waals surface area contributed by atoms with Crippen LogP contribution in [0.25, 0.3) is 0 Å². The van der Waals surface area contributed by atoms with Gasteiger partial charge in [-0.2, -0.15) is 0 Å². The molecule has 0 saturated heterocycles. The molecule has 0 unspecified atom stereocenters. The number of hydrogen-bond acceptors (Lipinski definition) is 2. The van der Waals surface area contributed by atoms with Gasteiger partial charge in [-0.15, -0.1) is 0 Å². The third-order valence-corrected chi connectivity index (χ3v) is 2.66. The fourth-order valence-corrected chi connectivity index (χ4v) is 1.83. The van der Waals surface area contributed by atoms with Gasteiger partial charge >= 0.3 is 0 Å². The summed E-state index contributed by atoms with van der Waals surface area (Å²) in [7, 11) is 0. The molecule has 0 heterocycles. The van der Waals surface area contributed by atoms with Crippen LogP contribution < -0.4 is 5.32 Å². The summed E-state index contributed by atoms with van der Waals surface area (Å²) in [5.74, 6) is 0.785. The minimum absolute atomic E-state index is 0.567. The van der Waals surface area contributed by atoms with E-state index in [1.807, 2.05) is 13.8 Å². The third-order valence-electron chi connectivity index (χ3n) is 2.66. The Kier molecular flexibility index (Phi) is 3.13. The lowest BCUT2D eigenvalue weighted by Gasteiger charge is -2.23. The SMILES string of the molecule is C[C@@H]1CCC[C@@H]1NCC(C)(C)O. The molecule has 12 heavy (non-hydrogen) atoms. The summed E-state index contributed by atoms with van der Waals surface area (Å²) in [6.45, 7) is 6.69. The Morgan fingerprint density at radius 2 is 2.08 bits per heavy atom. The molecule has 1 aliphatic rings. The van der Waals surface area contributed by atoms with E-state index in [4.69, 9.17) is 0 Å². The largest absolute Gasteiger partial charge is 0.389 e. The second kappa shape index (κ2) is 3.75. The van der Waals surface area contributed by atoms with Crippen molar-refractivity contribution >= 4 is 0 Å². The molecular weight excluding hydrogens is 150 g/mol. The van der Waals surface area contributed by atoms with Crippen LogP contribution in [0.2, 0.25) is 0 Å². The highest BCUT2D eigenvalue weighted by Crippen LogP contribution is 2.24. The zero-order chi connectivity index (χ0) is 9.19. The third kappa shape index (κ3) is 3.11. The predicted molar refractivity (Wildman–Crippen MR) is 51.1 cm³/mol. The Hall–Kier alpha value is -0.0800. The van der Waals surface area contributed by atoms with Gasteiger partial charge in [-0.3, -0.25) is 0 Å². The highest BCUT2D eigenvalue weighted by Gasteiger charge is 2.24. The van der Waals surface area contributed by atoms with E-state index >= 15 is 0 Å². The minimum Gasteiger partial charge on any atom is -0.389 e. The molecule has 0 aromatic rings. The van der Waals surface area contributed by atoms with Crippen molar-refractivity contribution in [2.75, 3.05) is 6.54 Å². The van der Waals surface area contributed by atoms with Crippen molar-refractivity contribution in [3.63, 3.8) is 0 Å². The van der Waals surface area contributed by atoms with E-state index in [1.54, 1.807) is 0 Å². The van der Waals surface area contributed by atoms with Crippen molar-refractivity contribution in [1.82, 2.24) is 5.32 Å². The van der Waals surface area contributed by atoms with E-state index in [0.717, 1.165) is 5.92 Å². The van der Waals surface area contributed by atoms with Crippen LogP contribution in [0, 0.1) is 5.92 Å². The number of hydrogen-bond donors (Lipinski definition) is 2. The molecule has 0 aromatic carbocycles. The zero-order valence-corrected chi connectivity index (χ0v) is 8.43. The van der Waals surface area contributed by atoms with Gasteiger partial charge in [0.05, 0.1) is 5.60 Å². The van der Waals surface area contributed by atoms with Gasteiger partial charge in [0.1, 0.15) is 0 Å². The maximum absolute atomic E-state index is 9.50. The summed E-state index contributed by atoms with van der Waals surface area (Å²) >= 11 is 0. The highest BCUT2D eigenvalue weighted by atomic mass is 16.3. The molecule has 0 radical (unpaired) electrons. The van der Waals surface area contributed by atoms with Crippen molar-refractivity contribution < 1.29 is 5.11 Å². The van der Waals surface area contributed by atoms with Gasteiger partial charge in [-0.25, -0.2) is 0 Å². The standard InChI is InChI=1S/C10H21NO/c1-8-5-4-6-9(8)11-7-10(2,3)12/h8-9,11-12H,4-7H2,1-3H3/t8-,9+/m1/s1. The monoisotopic (exact) mass is 171 g/mol. The Bertz CT molecular complexity index is 139. The first kappa shape index (κ1) is 10.0. The van der Waals surface area contributed by atoms with Crippen LogP contribution >= 0.6 is 0 Å². The Labute approximate surface area is 75.4 Å². The maximum Gasteiger partial charge on any atom is 0.0715 e.